The number of hydrogen-bond donors (Lipinski definition) is 1. The third-order valence-electron chi connectivity index (χ3n) is 4.21. The number of nitrogens with one attached hydrogen (secondary N) is 1. The van der Waals surface area contributed by atoms with E-state index in [4.69, 9.17) is 16.3 Å². The maximum Gasteiger partial charge on any atom is 0.340 e. The number of amides is 1. The summed E-state index contributed by atoms with van der Waals surface area (Å²) in [6, 6.07) is 9.15. The number of nitro benzene ring substituents is 1. The number of rotatable bonds is 6. The third kappa shape index (κ3) is 4.86. The van der Waals surface area contributed by atoms with Gasteiger partial charge >= 0.3 is 5.97 Å². The van der Waals surface area contributed by atoms with Crippen LogP contribution in [-0.2, 0) is 9.53 Å². The van der Waals surface area contributed by atoms with Gasteiger partial charge in [-0.15, -0.1) is 0 Å². The number of aryl methyl sites for hydroxylation is 1. The molecule has 0 aliphatic heterocycles. The summed E-state index contributed by atoms with van der Waals surface area (Å²) in [4.78, 5) is 35.1. The van der Waals surface area contributed by atoms with Gasteiger partial charge < -0.3 is 10.1 Å². The van der Waals surface area contributed by atoms with Crippen molar-refractivity contribution in [2.75, 3.05) is 5.32 Å². The summed E-state index contributed by atoms with van der Waals surface area (Å²) >= 11 is 5.94. The number of non-ortho nitro benzene ring substituents is 1. The molecule has 2 rings (SSSR count). The van der Waals surface area contributed by atoms with Crippen LogP contribution in [0.2, 0.25) is 5.02 Å². The van der Waals surface area contributed by atoms with E-state index in [0.717, 1.165) is 17.2 Å². The second-order valence-corrected chi connectivity index (χ2v) is 7.06. The highest BCUT2D eigenvalue weighted by atomic mass is 35.5. The second-order valence-electron chi connectivity index (χ2n) is 6.65. The maximum atomic E-state index is 12.5. The van der Waals surface area contributed by atoms with Gasteiger partial charge in [0.2, 0.25) is 0 Å². The first-order chi connectivity index (χ1) is 13.1. The van der Waals surface area contributed by atoms with Crippen LogP contribution >= 0.6 is 11.6 Å². The molecule has 0 heterocycles. The number of hydrogen-bond acceptors (Lipinski definition) is 5. The molecule has 28 heavy (non-hydrogen) atoms. The Morgan fingerprint density at radius 1 is 1.18 bits per heavy atom. The Hall–Kier alpha value is -2.93. The minimum absolute atomic E-state index is 0.00389. The molecule has 1 amide bonds. The van der Waals surface area contributed by atoms with Gasteiger partial charge in [0.25, 0.3) is 11.6 Å². The number of carbonyl (C=O) groups excluding carboxylic acids is 2. The van der Waals surface area contributed by atoms with E-state index in [2.05, 4.69) is 5.32 Å². The van der Waals surface area contributed by atoms with Crippen LogP contribution in [0.15, 0.2) is 36.4 Å². The first-order valence-corrected chi connectivity index (χ1v) is 9.05. The fraction of sp³-hybridized carbons (Fsp3) is 0.300. The molecule has 1 N–H and O–H groups in total. The Morgan fingerprint density at radius 2 is 1.86 bits per heavy atom. The van der Waals surface area contributed by atoms with Gasteiger partial charge in [-0.1, -0.05) is 43.6 Å². The standard InChI is InChI=1S/C20H21ClN2O5/c1-11(2)15-7-5-6-12(3)18(15)22-19(24)13(4)28-20(25)16-10-14(23(26)27)8-9-17(16)21/h5-11,13H,1-4H3,(H,22,24)/t13-/m0/s1. The van der Waals surface area contributed by atoms with Gasteiger partial charge in [-0.2, -0.15) is 0 Å². The maximum absolute atomic E-state index is 12.5. The molecule has 0 saturated heterocycles. The number of nitrogens with zero attached hydrogens (tertiary/aromatic N) is 1. The molecule has 7 nitrogen and oxygen atoms in total. The molecule has 1 atom stereocenters. The van der Waals surface area contributed by atoms with Crippen LogP contribution in [0.1, 0.15) is 48.2 Å². The Kier molecular flexibility index (Phi) is 6.75. The van der Waals surface area contributed by atoms with Crippen molar-refractivity contribution >= 4 is 34.9 Å². The number of para-hydroxylation sites is 1. The quantitative estimate of drug-likeness (QED) is 0.421. The normalized spacial score (nSPS) is 11.8. The van der Waals surface area contributed by atoms with E-state index in [9.17, 15) is 19.7 Å². The van der Waals surface area contributed by atoms with Crippen LogP contribution in [0.5, 0.6) is 0 Å². The lowest BCUT2D eigenvalue weighted by molar-refractivity contribution is -0.384. The molecular weight excluding hydrogens is 384 g/mol. The average molecular weight is 405 g/mol. The Bertz CT molecular complexity index is 927. The number of anilines is 1. The largest absolute Gasteiger partial charge is 0.449 e. The number of ether oxygens (including phenoxy) is 1. The molecule has 0 aliphatic rings. The molecule has 0 spiro atoms. The zero-order valence-electron chi connectivity index (χ0n) is 16.0. The molecule has 0 aromatic heterocycles. The van der Waals surface area contributed by atoms with Crippen molar-refractivity contribution < 1.29 is 19.2 Å². The first kappa shape index (κ1) is 21.4. The van der Waals surface area contributed by atoms with Gasteiger partial charge in [-0.25, -0.2) is 4.79 Å². The Labute approximate surface area is 167 Å². The highest BCUT2D eigenvalue weighted by Gasteiger charge is 2.24. The van der Waals surface area contributed by atoms with E-state index >= 15 is 0 Å². The molecule has 0 aliphatic carbocycles. The summed E-state index contributed by atoms with van der Waals surface area (Å²) in [7, 11) is 0. The summed E-state index contributed by atoms with van der Waals surface area (Å²) in [5.41, 5.74) is 2.07. The Balaban J connectivity index is 2.17. The van der Waals surface area contributed by atoms with E-state index < -0.39 is 22.9 Å². The predicted octanol–water partition coefficient (Wildman–Crippen LogP) is 4.86. The summed E-state index contributed by atoms with van der Waals surface area (Å²) < 4.78 is 5.17. The van der Waals surface area contributed by atoms with Crippen LogP contribution in [0.25, 0.3) is 0 Å². The van der Waals surface area contributed by atoms with Crippen molar-refractivity contribution in [3.8, 4) is 0 Å². The molecule has 148 valence electrons. The van der Waals surface area contributed by atoms with E-state index in [-0.39, 0.29) is 22.2 Å². The van der Waals surface area contributed by atoms with Crippen LogP contribution in [0.3, 0.4) is 0 Å². The fourth-order valence-corrected chi connectivity index (χ4v) is 2.82. The zero-order valence-corrected chi connectivity index (χ0v) is 16.7. The number of nitro groups is 1. The highest BCUT2D eigenvalue weighted by molar-refractivity contribution is 6.33. The lowest BCUT2D eigenvalue weighted by Crippen LogP contribution is -2.30. The number of esters is 1. The van der Waals surface area contributed by atoms with Crippen LogP contribution in [0.4, 0.5) is 11.4 Å². The predicted molar refractivity (Wildman–Crippen MR) is 107 cm³/mol. The molecular formula is C20H21ClN2O5. The molecule has 0 bridgehead atoms. The van der Waals surface area contributed by atoms with Gasteiger partial charge in [0.1, 0.15) is 0 Å². The molecule has 0 unspecified atom stereocenters. The smallest absolute Gasteiger partial charge is 0.340 e. The van der Waals surface area contributed by atoms with Crippen molar-refractivity contribution in [2.24, 2.45) is 0 Å². The van der Waals surface area contributed by atoms with Crippen LogP contribution in [-0.4, -0.2) is 22.9 Å². The average Bonchev–Trinajstić information content (AvgIpc) is 2.62. The van der Waals surface area contributed by atoms with E-state index in [1.54, 1.807) is 0 Å². The Morgan fingerprint density at radius 3 is 2.46 bits per heavy atom. The monoisotopic (exact) mass is 404 g/mol. The molecule has 0 saturated carbocycles. The van der Waals surface area contributed by atoms with Crippen molar-refractivity contribution in [3.05, 3.63) is 68.2 Å². The number of halogens is 1. The third-order valence-corrected chi connectivity index (χ3v) is 4.54. The molecule has 2 aromatic rings. The van der Waals surface area contributed by atoms with E-state index in [0.29, 0.717) is 5.69 Å². The molecule has 0 fully saturated rings. The van der Waals surface area contributed by atoms with Gasteiger partial charge in [0.15, 0.2) is 6.10 Å². The van der Waals surface area contributed by atoms with Crippen molar-refractivity contribution in [2.45, 2.75) is 39.7 Å². The lowest BCUT2D eigenvalue weighted by atomic mass is 9.98. The molecule has 2 aromatic carbocycles. The van der Waals surface area contributed by atoms with Crippen molar-refractivity contribution in [3.63, 3.8) is 0 Å². The highest BCUT2D eigenvalue weighted by Crippen LogP contribution is 2.28. The second kappa shape index (κ2) is 8.84. The number of carbonyl (C=O) groups is 2. The minimum atomic E-state index is -1.12. The van der Waals surface area contributed by atoms with Crippen molar-refractivity contribution in [1.82, 2.24) is 0 Å². The summed E-state index contributed by atoms with van der Waals surface area (Å²) in [6.45, 7) is 7.32. The topological polar surface area (TPSA) is 98.5 Å². The zero-order chi connectivity index (χ0) is 21.0. The first-order valence-electron chi connectivity index (χ1n) is 8.67. The van der Waals surface area contributed by atoms with Gasteiger partial charge in [0.05, 0.1) is 15.5 Å². The minimum Gasteiger partial charge on any atom is -0.449 e. The lowest BCUT2D eigenvalue weighted by Gasteiger charge is -2.19. The number of benzene rings is 2. The van der Waals surface area contributed by atoms with Crippen LogP contribution in [0, 0.1) is 17.0 Å². The van der Waals surface area contributed by atoms with Gasteiger partial charge in [-0.05, 0) is 37.0 Å². The van der Waals surface area contributed by atoms with Gasteiger partial charge in [0, 0.05) is 17.8 Å². The SMILES string of the molecule is Cc1cccc(C(C)C)c1NC(=O)[C@H](C)OC(=O)c1cc([N+](=O)[O-])ccc1Cl. The van der Waals surface area contributed by atoms with E-state index in [1.807, 2.05) is 39.0 Å². The van der Waals surface area contributed by atoms with Crippen molar-refractivity contribution in [1.29, 1.82) is 0 Å². The summed E-state index contributed by atoms with van der Waals surface area (Å²) in [5.74, 6) is -1.23. The summed E-state index contributed by atoms with van der Waals surface area (Å²) in [5, 5.41) is 13.7. The fourth-order valence-electron chi connectivity index (χ4n) is 2.63. The van der Waals surface area contributed by atoms with E-state index in [1.165, 1.54) is 19.1 Å². The molecule has 8 heteroatoms. The summed E-state index contributed by atoms with van der Waals surface area (Å²) in [6.07, 6.45) is -1.12. The van der Waals surface area contributed by atoms with Gasteiger partial charge in [-0.3, -0.25) is 14.9 Å². The molecule has 0 radical (unpaired) electrons. The van der Waals surface area contributed by atoms with Crippen LogP contribution < -0.4 is 5.32 Å².